The van der Waals surface area contributed by atoms with Crippen molar-refractivity contribution in [3.63, 3.8) is 0 Å². The second-order valence-electron chi connectivity index (χ2n) is 6.31. The van der Waals surface area contributed by atoms with E-state index in [-0.39, 0.29) is 12.3 Å². The number of carbonyl (C=O) groups excluding carboxylic acids is 1. The second-order valence-corrected chi connectivity index (χ2v) is 8.40. The van der Waals surface area contributed by atoms with Crippen molar-refractivity contribution in [3.05, 3.63) is 35.4 Å². The quantitative estimate of drug-likeness (QED) is 0.832. The van der Waals surface area contributed by atoms with Crippen LogP contribution in [-0.4, -0.2) is 32.4 Å². The van der Waals surface area contributed by atoms with Gasteiger partial charge in [-0.05, 0) is 45.7 Å². The number of ether oxygens (including phenoxy) is 1. The lowest BCUT2D eigenvalue weighted by Crippen LogP contribution is -2.41. The minimum Gasteiger partial charge on any atom is -0.444 e. The molecule has 0 aliphatic rings. The highest BCUT2D eigenvalue weighted by atomic mass is 32.2. The van der Waals surface area contributed by atoms with E-state index < -0.39 is 27.8 Å². The van der Waals surface area contributed by atoms with Crippen LogP contribution >= 0.6 is 0 Å². The third-order valence-electron chi connectivity index (χ3n) is 3.14. The molecule has 0 aliphatic heterocycles. The van der Waals surface area contributed by atoms with Gasteiger partial charge in [-0.1, -0.05) is 24.3 Å². The Bertz CT molecular complexity index is 636. The first-order valence-corrected chi connectivity index (χ1v) is 9.21. The molecular formula is C16H26N2O4S. The highest BCUT2D eigenvalue weighted by Gasteiger charge is 2.22. The molecule has 130 valence electrons. The Balaban J connectivity index is 2.93. The van der Waals surface area contributed by atoms with Crippen molar-refractivity contribution < 1.29 is 17.9 Å². The molecule has 1 unspecified atom stereocenters. The van der Waals surface area contributed by atoms with E-state index in [9.17, 15) is 13.2 Å². The zero-order chi connectivity index (χ0) is 17.7. The van der Waals surface area contributed by atoms with Gasteiger partial charge >= 0.3 is 6.09 Å². The number of alkyl carbamates (subject to hydrolysis) is 1. The van der Waals surface area contributed by atoms with Gasteiger partial charge in [-0.2, -0.15) is 0 Å². The van der Waals surface area contributed by atoms with Gasteiger partial charge in [0.25, 0.3) is 0 Å². The van der Waals surface area contributed by atoms with Crippen LogP contribution in [0.5, 0.6) is 0 Å². The van der Waals surface area contributed by atoms with Crippen LogP contribution in [0, 0.1) is 6.92 Å². The minimum atomic E-state index is -3.35. The van der Waals surface area contributed by atoms with Crippen LogP contribution in [0.2, 0.25) is 0 Å². The molecule has 6 nitrogen and oxygen atoms in total. The summed E-state index contributed by atoms with van der Waals surface area (Å²) in [5, 5.41) is 2.74. The lowest BCUT2D eigenvalue weighted by atomic mass is 10.0. The predicted molar refractivity (Wildman–Crippen MR) is 90.8 cm³/mol. The Hall–Kier alpha value is -1.60. The smallest absolute Gasteiger partial charge is 0.408 e. The van der Waals surface area contributed by atoms with E-state index in [1.54, 1.807) is 27.7 Å². The van der Waals surface area contributed by atoms with Crippen LogP contribution in [0.25, 0.3) is 0 Å². The van der Waals surface area contributed by atoms with Gasteiger partial charge < -0.3 is 10.1 Å². The third-order valence-corrected chi connectivity index (χ3v) is 4.51. The Morgan fingerprint density at radius 2 is 1.87 bits per heavy atom. The molecule has 7 heteroatoms. The number of carbonyl (C=O) groups is 1. The van der Waals surface area contributed by atoms with E-state index in [0.29, 0.717) is 0 Å². The number of benzene rings is 1. The SMILES string of the molecule is CCS(=O)(=O)NCC(NC(=O)OC(C)(C)C)c1ccccc1C. The van der Waals surface area contributed by atoms with Crippen molar-refractivity contribution in [1.29, 1.82) is 0 Å². The Morgan fingerprint density at radius 1 is 1.26 bits per heavy atom. The zero-order valence-corrected chi connectivity index (χ0v) is 15.2. The lowest BCUT2D eigenvalue weighted by molar-refractivity contribution is 0.0504. The van der Waals surface area contributed by atoms with Gasteiger partial charge in [0, 0.05) is 6.54 Å². The summed E-state index contributed by atoms with van der Waals surface area (Å²) in [6, 6.07) is 7.00. The average Bonchev–Trinajstić information content (AvgIpc) is 2.42. The van der Waals surface area contributed by atoms with Crippen LogP contribution < -0.4 is 10.0 Å². The molecule has 0 heterocycles. The molecule has 0 aliphatic carbocycles. The van der Waals surface area contributed by atoms with Crippen LogP contribution in [-0.2, 0) is 14.8 Å². The summed E-state index contributed by atoms with van der Waals surface area (Å²) in [6.07, 6.45) is -0.582. The fourth-order valence-electron chi connectivity index (χ4n) is 1.98. The van der Waals surface area contributed by atoms with Crippen LogP contribution in [0.3, 0.4) is 0 Å². The summed E-state index contributed by atoms with van der Waals surface area (Å²) in [6.45, 7) is 8.86. The summed E-state index contributed by atoms with van der Waals surface area (Å²) < 4.78 is 31.1. The molecule has 1 aromatic rings. The van der Waals surface area contributed by atoms with E-state index >= 15 is 0 Å². The van der Waals surface area contributed by atoms with Crippen molar-refractivity contribution in [2.45, 2.75) is 46.3 Å². The van der Waals surface area contributed by atoms with E-state index in [1.165, 1.54) is 0 Å². The summed E-state index contributed by atoms with van der Waals surface area (Å²) in [7, 11) is -3.35. The predicted octanol–water partition coefficient (Wildman–Crippen LogP) is 2.50. The lowest BCUT2D eigenvalue weighted by Gasteiger charge is -2.25. The normalized spacial score (nSPS) is 13.4. The number of hydrogen-bond donors (Lipinski definition) is 2. The van der Waals surface area contributed by atoms with Crippen molar-refractivity contribution in [2.75, 3.05) is 12.3 Å². The molecule has 1 rings (SSSR count). The molecule has 0 bridgehead atoms. The fourth-order valence-corrected chi connectivity index (χ4v) is 2.60. The molecule has 1 atom stereocenters. The molecule has 0 saturated heterocycles. The molecule has 23 heavy (non-hydrogen) atoms. The number of hydrogen-bond acceptors (Lipinski definition) is 4. The van der Waals surface area contributed by atoms with Gasteiger partial charge in [0.05, 0.1) is 11.8 Å². The first-order valence-electron chi connectivity index (χ1n) is 7.56. The molecule has 1 amide bonds. The van der Waals surface area contributed by atoms with E-state index in [1.807, 2.05) is 31.2 Å². The van der Waals surface area contributed by atoms with Gasteiger partial charge in [0.2, 0.25) is 10.0 Å². The van der Waals surface area contributed by atoms with Crippen LogP contribution in [0.4, 0.5) is 4.79 Å². The summed E-state index contributed by atoms with van der Waals surface area (Å²) in [4.78, 5) is 12.0. The molecule has 1 aromatic carbocycles. The Kier molecular flexibility index (Phi) is 6.58. The zero-order valence-electron chi connectivity index (χ0n) is 14.3. The molecule has 0 radical (unpaired) electrons. The second kappa shape index (κ2) is 7.79. The molecule has 0 saturated carbocycles. The summed E-state index contributed by atoms with van der Waals surface area (Å²) >= 11 is 0. The highest BCUT2D eigenvalue weighted by molar-refractivity contribution is 7.89. The van der Waals surface area contributed by atoms with E-state index in [4.69, 9.17) is 4.74 Å². The number of aryl methyl sites for hydroxylation is 1. The molecule has 0 fully saturated rings. The number of rotatable bonds is 6. The number of sulfonamides is 1. The first kappa shape index (κ1) is 19.4. The topological polar surface area (TPSA) is 84.5 Å². The van der Waals surface area contributed by atoms with Gasteiger partial charge in [-0.15, -0.1) is 0 Å². The van der Waals surface area contributed by atoms with Gasteiger partial charge in [0.15, 0.2) is 0 Å². The largest absolute Gasteiger partial charge is 0.444 e. The molecule has 0 spiro atoms. The highest BCUT2D eigenvalue weighted by Crippen LogP contribution is 2.18. The maximum atomic E-state index is 12.0. The molecule has 0 aromatic heterocycles. The number of nitrogens with one attached hydrogen (secondary N) is 2. The maximum absolute atomic E-state index is 12.0. The van der Waals surface area contributed by atoms with Gasteiger partial charge in [0.1, 0.15) is 5.60 Å². The minimum absolute atomic E-state index is 0.0140. The summed E-state index contributed by atoms with van der Waals surface area (Å²) in [5.74, 6) is -0.0140. The molecule has 2 N–H and O–H groups in total. The van der Waals surface area contributed by atoms with E-state index in [0.717, 1.165) is 11.1 Å². The van der Waals surface area contributed by atoms with Crippen LogP contribution in [0.15, 0.2) is 24.3 Å². The van der Waals surface area contributed by atoms with Crippen molar-refractivity contribution in [2.24, 2.45) is 0 Å². The average molecular weight is 342 g/mol. The summed E-state index contributed by atoms with van der Waals surface area (Å²) in [5.41, 5.74) is 1.19. The van der Waals surface area contributed by atoms with Crippen molar-refractivity contribution in [1.82, 2.24) is 10.0 Å². The Morgan fingerprint density at radius 3 is 2.39 bits per heavy atom. The van der Waals surface area contributed by atoms with Gasteiger partial charge in [-0.3, -0.25) is 0 Å². The maximum Gasteiger partial charge on any atom is 0.408 e. The monoisotopic (exact) mass is 342 g/mol. The van der Waals surface area contributed by atoms with Crippen molar-refractivity contribution >= 4 is 16.1 Å². The van der Waals surface area contributed by atoms with E-state index in [2.05, 4.69) is 10.0 Å². The van der Waals surface area contributed by atoms with Crippen molar-refractivity contribution in [3.8, 4) is 0 Å². The number of amides is 1. The van der Waals surface area contributed by atoms with Gasteiger partial charge in [-0.25, -0.2) is 17.9 Å². The standard InChI is InChI=1S/C16H26N2O4S/c1-6-23(20,21)17-11-14(13-10-8-7-9-12(13)2)18-15(19)22-16(3,4)5/h7-10,14,17H,6,11H2,1-5H3,(H,18,19). The fraction of sp³-hybridized carbons (Fsp3) is 0.562. The molecular weight excluding hydrogens is 316 g/mol. The van der Waals surface area contributed by atoms with Crippen LogP contribution in [0.1, 0.15) is 44.9 Å². The Labute approximate surface area is 138 Å². The third kappa shape index (κ3) is 7.00. The first-order chi connectivity index (χ1) is 10.5.